The van der Waals surface area contributed by atoms with Crippen LogP contribution in [0.5, 0.6) is 0 Å². The minimum absolute atomic E-state index is 0.0758. The zero-order valence-electron chi connectivity index (χ0n) is 33.1. The fourth-order valence-corrected chi connectivity index (χ4v) is 5.41. The lowest BCUT2D eigenvalue weighted by Gasteiger charge is -2.18. The molecule has 10 nitrogen and oxygen atoms in total. The molecule has 0 aliphatic carbocycles. The summed E-state index contributed by atoms with van der Waals surface area (Å²) >= 11 is 0. The van der Waals surface area contributed by atoms with Crippen LogP contribution in [0.1, 0.15) is 142 Å². The van der Waals surface area contributed by atoms with Crippen LogP contribution in [-0.2, 0) is 28.2 Å². The monoisotopic (exact) mass is 778 g/mol. The van der Waals surface area contributed by atoms with Crippen molar-refractivity contribution in [2.75, 3.05) is 13.2 Å². The summed E-state index contributed by atoms with van der Waals surface area (Å²) in [5.41, 5.74) is 0. The van der Waals surface area contributed by atoms with Crippen LogP contribution in [-0.4, -0.2) is 63.5 Å². The second-order valence-corrected chi connectivity index (χ2v) is 14.5. The Balaban J connectivity index is 4.23. The van der Waals surface area contributed by atoms with Crippen LogP contribution in [0, 0.1) is 0 Å². The van der Waals surface area contributed by atoms with Crippen molar-refractivity contribution in [3.63, 3.8) is 0 Å². The minimum atomic E-state index is -4.81. The average molecular weight is 779 g/mol. The normalized spacial score (nSPS) is 14.6. The van der Waals surface area contributed by atoms with Gasteiger partial charge in [0, 0.05) is 12.8 Å². The zero-order valence-corrected chi connectivity index (χ0v) is 34.0. The van der Waals surface area contributed by atoms with Crippen LogP contribution in [0.2, 0.25) is 0 Å². The maximum absolute atomic E-state index is 12.4. The molecule has 0 aromatic heterocycles. The van der Waals surface area contributed by atoms with Gasteiger partial charge in [-0.2, -0.15) is 0 Å². The molecular weight excluding hydrogens is 707 g/mol. The first-order valence-electron chi connectivity index (χ1n) is 20.1. The van der Waals surface area contributed by atoms with Gasteiger partial charge in [-0.1, -0.05) is 150 Å². The molecule has 0 aliphatic rings. The summed E-state index contributed by atoms with van der Waals surface area (Å²) in [6.07, 6.45) is 42.3. The van der Waals surface area contributed by atoms with Gasteiger partial charge >= 0.3 is 19.8 Å². The molecule has 3 atom stereocenters. The first-order chi connectivity index (χ1) is 26.1. The summed E-state index contributed by atoms with van der Waals surface area (Å²) in [5, 5.41) is 19.9. The maximum atomic E-state index is 12.4. The Morgan fingerprint density at radius 2 is 1.20 bits per heavy atom. The highest BCUT2D eigenvalue weighted by Crippen LogP contribution is 2.36. The van der Waals surface area contributed by atoms with E-state index in [9.17, 15) is 24.4 Å². The van der Waals surface area contributed by atoms with Gasteiger partial charge in [0.1, 0.15) is 6.61 Å². The van der Waals surface area contributed by atoms with Gasteiger partial charge in [0.05, 0.1) is 18.8 Å². The molecule has 11 heteroatoms. The van der Waals surface area contributed by atoms with Gasteiger partial charge in [-0.15, -0.1) is 0 Å². The number of rotatable bonds is 35. The number of unbranched alkanes of at least 4 members (excludes halogenated alkanes) is 12. The summed E-state index contributed by atoms with van der Waals surface area (Å²) in [5.74, 6) is -1.08. The molecular formula is C43H71O10P. The Labute approximate surface area is 326 Å². The van der Waals surface area contributed by atoms with Crippen molar-refractivity contribution in [3.8, 4) is 0 Å². The number of carbonyl (C=O) groups is 2. The van der Waals surface area contributed by atoms with Crippen molar-refractivity contribution in [2.45, 2.75) is 161 Å². The highest BCUT2D eigenvalue weighted by Gasteiger charge is 2.22. The molecule has 0 aromatic carbocycles. The van der Waals surface area contributed by atoms with Crippen molar-refractivity contribution < 1.29 is 48.2 Å². The predicted molar refractivity (Wildman–Crippen MR) is 219 cm³/mol. The number of phosphoric acid groups is 1. The van der Waals surface area contributed by atoms with E-state index in [2.05, 4.69) is 30.5 Å². The Morgan fingerprint density at radius 1 is 0.611 bits per heavy atom. The number of ether oxygens (including phenoxy) is 2. The molecule has 0 bridgehead atoms. The standard InChI is InChI=1S/C43H71O10P/c1-3-5-7-8-9-10-11-12-13-14-15-16-20-23-29-36-43(47)53-41(38-52-54(48,49)50)37-51-42(46)35-30-24-28-34-40(45)33-27-22-19-17-18-21-26-32-39(44)31-25-6-4-2/h6,10-11,18-19,21-22,25-28,32-34,39-41,44-45H,3-5,7-9,12-17,20,23-24,29-31,35-38H2,1-2H3,(H2,48,49,50)/b11-10-,21-18-,22-19-,25-6-,32-26+,33-27+,34-28-/t39-,40-,41-/m1/s1. The van der Waals surface area contributed by atoms with E-state index < -0.39 is 44.7 Å². The summed E-state index contributed by atoms with van der Waals surface area (Å²) in [6, 6.07) is 0. The number of hydrogen-bond acceptors (Lipinski definition) is 8. The zero-order chi connectivity index (χ0) is 40.0. The molecule has 308 valence electrons. The summed E-state index contributed by atoms with van der Waals surface area (Å²) in [7, 11) is -4.81. The highest BCUT2D eigenvalue weighted by atomic mass is 31.2. The van der Waals surface area contributed by atoms with Crippen molar-refractivity contribution in [1.29, 1.82) is 0 Å². The van der Waals surface area contributed by atoms with E-state index in [4.69, 9.17) is 19.3 Å². The third-order valence-electron chi connectivity index (χ3n) is 8.07. The van der Waals surface area contributed by atoms with E-state index >= 15 is 0 Å². The van der Waals surface area contributed by atoms with Crippen molar-refractivity contribution in [1.82, 2.24) is 0 Å². The fraction of sp³-hybridized carbons (Fsp3) is 0.628. The number of aliphatic hydroxyl groups is 2. The number of hydrogen-bond donors (Lipinski definition) is 4. The summed E-state index contributed by atoms with van der Waals surface area (Å²) in [6.45, 7) is 3.30. The molecule has 0 fully saturated rings. The van der Waals surface area contributed by atoms with E-state index in [0.717, 1.165) is 32.1 Å². The Morgan fingerprint density at radius 3 is 1.85 bits per heavy atom. The van der Waals surface area contributed by atoms with E-state index in [-0.39, 0.29) is 19.4 Å². The number of esters is 2. The molecule has 0 unspecified atom stereocenters. The van der Waals surface area contributed by atoms with Gasteiger partial charge in [-0.3, -0.25) is 14.1 Å². The highest BCUT2D eigenvalue weighted by molar-refractivity contribution is 7.46. The van der Waals surface area contributed by atoms with Crippen LogP contribution in [0.4, 0.5) is 0 Å². The first-order valence-corrected chi connectivity index (χ1v) is 21.6. The van der Waals surface area contributed by atoms with Gasteiger partial charge in [0.25, 0.3) is 0 Å². The smallest absolute Gasteiger partial charge is 0.462 e. The van der Waals surface area contributed by atoms with Crippen LogP contribution in [0.15, 0.2) is 85.1 Å². The quantitative estimate of drug-likeness (QED) is 0.0160. The lowest BCUT2D eigenvalue weighted by atomic mass is 10.1. The molecule has 54 heavy (non-hydrogen) atoms. The topological polar surface area (TPSA) is 160 Å². The van der Waals surface area contributed by atoms with E-state index in [1.165, 1.54) is 51.4 Å². The summed E-state index contributed by atoms with van der Waals surface area (Å²) < 4.78 is 26.2. The van der Waals surface area contributed by atoms with Gasteiger partial charge < -0.3 is 29.5 Å². The number of aliphatic hydroxyl groups excluding tert-OH is 2. The van der Waals surface area contributed by atoms with Gasteiger partial charge in [0.2, 0.25) is 0 Å². The van der Waals surface area contributed by atoms with Gasteiger partial charge in [0.15, 0.2) is 6.10 Å². The van der Waals surface area contributed by atoms with E-state index in [1.54, 1.807) is 30.4 Å². The molecule has 0 aliphatic heterocycles. The molecule has 0 amide bonds. The molecule has 0 aromatic rings. The minimum Gasteiger partial charge on any atom is -0.462 e. The number of phosphoric ester groups is 1. The molecule has 0 rings (SSSR count). The Bertz CT molecular complexity index is 1180. The maximum Gasteiger partial charge on any atom is 0.469 e. The van der Waals surface area contributed by atoms with E-state index in [0.29, 0.717) is 32.1 Å². The third kappa shape index (κ3) is 38.9. The van der Waals surface area contributed by atoms with Crippen LogP contribution in [0.25, 0.3) is 0 Å². The number of carbonyl (C=O) groups excluding carboxylic acids is 2. The molecule has 0 spiro atoms. The second kappa shape index (κ2) is 37.1. The largest absolute Gasteiger partial charge is 0.469 e. The van der Waals surface area contributed by atoms with Crippen LogP contribution in [0.3, 0.4) is 0 Å². The Kier molecular flexibility index (Phi) is 35.1. The predicted octanol–water partition coefficient (Wildman–Crippen LogP) is 10.0. The average Bonchev–Trinajstić information content (AvgIpc) is 3.13. The Hall–Kier alpha value is -2.85. The fourth-order valence-electron chi connectivity index (χ4n) is 5.05. The SMILES string of the molecule is CC/C=C\C[C@@H](O)/C=C/C=C\C/C=C\C=C\[C@@H](O)/C=C\CCCC(=O)OC[C@H](COP(=O)(O)O)OC(=O)CCCCCCCCC/C=C\CCCCCC. The molecule has 0 saturated carbocycles. The van der Waals surface area contributed by atoms with Crippen molar-refractivity contribution in [2.24, 2.45) is 0 Å². The first kappa shape index (κ1) is 51.1. The number of allylic oxidation sites excluding steroid dienone is 10. The lowest BCUT2D eigenvalue weighted by Crippen LogP contribution is -2.29. The second-order valence-electron chi connectivity index (χ2n) is 13.3. The molecule has 0 heterocycles. The third-order valence-corrected chi connectivity index (χ3v) is 8.56. The molecule has 4 N–H and O–H groups in total. The van der Waals surface area contributed by atoms with Crippen LogP contribution >= 0.6 is 7.82 Å². The molecule has 0 radical (unpaired) electrons. The van der Waals surface area contributed by atoms with Gasteiger partial charge in [-0.25, -0.2) is 4.57 Å². The van der Waals surface area contributed by atoms with Crippen molar-refractivity contribution in [3.05, 3.63) is 85.1 Å². The molecule has 0 saturated heterocycles. The van der Waals surface area contributed by atoms with Gasteiger partial charge in [-0.05, 0) is 64.2 Å². The van der Waals surface area contributed by atoms with Crippen molar-refractivity contribution >= 4 is 19.8 Å². The lowest BCUT2D eigenvalue weighted by molar-refractivity contribution is -0.161. The summed E-state index contributed by atoms with van der Waals surface area (Å²) in [4.78, 5) is 42.8. The van der Waals surface area contributed by atoms with E-state index in [1.807, 2.05) is 42.5 Å². The van der Waals surface area contributed by atoms with Crippen LogP contribution < -0.4 is 0 Å².